The minimum absolute atomic E-state index is 0.0279. The summed E-state index contributed by atoms with van der Waals surface area (Å²) >= 11 is 0. The average Bonchev–Trinajstić information content (AvgIpc) is 2.97. The number of aliphatic carboxylic acids is 1. The summed E-state index contributed by atoms with van der Waals surface area (Å²) in [5.41, 5.74) is 0.769. The first-order valence-corrected chi connectivity index (χ1v) is 6.85. The summed E-state index contributed by atoms with van der Waals surface area (Å²) in [6.07, 6.45) is 2.42. The molecule has 2 heterocycles. The Bertz CT molecular complexity index is 896. The largest absolute Gasteiger partial charge is 0.479 e. The second-order valence-electron chi connectivity index (χ2n) is 4.81. The minimum Gasteiger partial charge on any atom is -0.479 e. The Hall–Kier alpha value is -3.29. The summed E-state index contributed by atoms with van der Waals surface area (Å²) in [6.45, 7) is -0.602. The lowest BCUT2D eigenvalue weighted by molar-refractivity contribution is -0.139. The number of pyridine rings is 1. The number of carboxylic acids is 1. The predicted molar refractivity (Wildman–Crippen MR) is 79.8 cm³/mol. The fourth-order valence-electron chi connectivity index (χ4n) is 2.13. The van der Waals surface area contributed by atoms with E-state index in [1.807, 2.05) is 0 Å². The number of nitrogens with zero attached hydrogens (tertiary/aromatic N) is 3. The number of aromatic nitrogens is 3. The standard InChI is InChI=1S/C16H11F2N3O3/c17-11-5-10(7-19-8-11)14-6-15(24-9-16(22)23)20-21(14)13-4-2-1-3-12(13)18/h1-8H,9H2,(H,22,23). The summed E-state index contributed by atoms with van der Waals surface area (Å²) in [5.74, 6) is -2.32. The molecule has 0 atom stereocenters. The fraction of sp³-hybridized carbons (Fsp3) is 0.0625. The van der Waals surface area contributed by atoms with Crippen LogP contribution in [0.15, 0.2) is 48.8 Å². The van der Waals surface area contributed by atoms with Crippen molar-refractivity contribution in [2.75, 3.05) is 6.61 Å². The lowest BCUT2D eigenvalue weighted by Crippen LogP contribution is -2.10. The molecule has 0 aliphatic rings. The molecule has 0 bridgehead atoms. The highest BCUT2D eigenvalue weighted by molar-refractivity contribution is 5.68. The zero-order chi connectivity index (χ0) is 17.1. The molecule has 3 aromatic rings. The van der Waals surface area contributed by atoms with Crippen LogP contribution in [0.3, 0.4) is 0 Å². The van der Waals surface area contributed by atoms with Crippen LogP contribution in [0.5, 0.6) is 5.88 Å². The fourth-order valence-corrected chi connectivity index (χ4v) is 2.13. The van der Waals surface area contributed by atoms with Crippen LogP contribution in [-0.4, -0.2) is 32.4 Å². The Labute approximate surface area is 135 Å². The first-order chi connectivity index (χ1) is 11.5. The Balaban J connectivity index is 2.11. The van der Waals surface area contributed by atoms with Crippen molar-refractivity contribution in [2.45, 2.75) is 0 Å². The van der Waals surface area contributed by atoms with E-state index < -0.39 is 24.2 Å². The SMILES string of the molecule is O=C(O)COc1cc(-c2cncc(F)c2)n(-c2ccccc2F)n1. The Morgan fingerprint density at radius 1 is 1.21 bits per heavy atom. The van der Waals surface area contributed by atoms with Crippen molar-refractivity contribution in [3.63, 3.8) is 0 Å². The van der Waals surface area contributed by atoms with Crippen molar-refractivity contribution in [3.05, 3.63) is 60.4 Å². The molecular weight excluding hydrogens is 320 g/mol. The highest BCUT2D eigenvalue weighted by atomic mass is 19.1. The summed E-state index contributed by atoms with van der Waals surface area (Å²) in [7, 11) is 0. The third kappa shape index (κ3) is 3.22. The highest BCUT2D eigenvalue weighted by Gasteiger charge is 2.16. The van der Waals surface area contributed by atoms with E-state index in [4.69, 9.17) is 9.84 Å². The third-order valence-corrected chi connectivity index (χ3v) is 3.11. The molecule has 8 heteroatoms. The average molecular weight is 331 g/mol. The second-order valence-corrected chi connectivity index (χ2v) is 4.81. The van der Waals surface area contributed by atoms with Crippen molar-refractivity contribution in [1.82, 2.24) is 14.8 Å². The zero-order valence-electron chi connectivity index (χ0n) is 12.2. The van der Waals surface area contributed by atoms with E-state index in [0.717, 1.165) is 6.20 Å². The van der Waals surface area contributed by atoms with Gasteiger partial charge in [-0.3, -0.25) is 4.98 Å². The minimum atomic E-state index is -1.18. The molecule has 6 nitrogen and oxygen atoms in total. The highest BCUT2D eigenvalue weighted by Crippen LogP contribution is 2.28. The van der Waals surface area contributed by atoms with E-state index in [0.29, 0.717) is 11.3 Å². The maximum atomic E-state index is 14.1. The smallest absolute Gasteiger partial charge is 0.341 e. The molecule has 122 valence electrons. The number of rotatable bonds is 5. The molecule has 3 rings (SSSR count). The van der Waals surface area contributed by atoms with Crippen LogP contribution in [0, 0.1) is 11.6 Å². The number of carbonyl (C=O) groups is 1. The van der Waals surface area contributed by atoms with Crippen LogP contribution < -0.4 is 4.74 Å². The van der Waals surface area contributed by atoms with Crippen LogP contribution in [0.2, 0.25) is 0 Å². The van der Waals surface area contributed by atoms with Gasteiger partial charge >= 0.3 is 5.97 Å². The number of benzene rings is 1. The van der Waals surface area contributed by atoms with Gasteiger partial charge in [0.05, 0.1) is 11.9 Å². The first kappa shape index (κ1) is 15.6. The van der Waals surface area contributed by atoms with Gasteiger partial charge in [-0.1, -0.05) is 12.1 Å². The lowest BCUT2D eigenvalue weighted by Gasteiger charge is -2.08. The van der Waals surface area contributed by atoms with Gasteiger partial charge in [0.2, 0.25) is 5.88 Å². The second kappa shape index (κ2) is 6.45. The Morgan fingerprint density at radius 3 is 2.71 bits per heavy atom. The summed E-state index contributed by atoms with van der Waals surface area (Å²) in [6, 6.07) is 8.48. The van der Waals surface area contributed by atoms with Crippen LogP contribution >= 0.6 is 0 Å². The molecule has 0 amide bonds. The topological polar surface area (TPSA) is 77.2 Å². The molecule has 0 radical (unpaired) electrons. The quantitative estimate of drug-likeness (QED) is 0.778. The molecule has 1 N–H and O–H groups in total. The molecule has 0 unspecified atom stereocenters. The predicted octanol–water partition coefficient (Wildman–Crippen LogP) is 2.68. The Morgan fingerprint density at radius 2 is 2.00 bits per heavy atom. The number of ether oxygens (including phenoxy) is 1. The van der Waals surface area contributed by atoms with Gasteiger partial charge in [-0.05, 0) is 18.2 Å². The van der Waals surface area contributed by atoms with Gasteiger partial charge in [0.1, 0.15) is 17.3 Å². The monoisotopic (exact) mass is 331 g/mol. The molecule has 24 heavy (non-hydrogen) atoms. The lowest BCUT2D eigenvalue weighted by atomic mass is 10.2. The normalized spacial score (nSPS) is 10.6. The molecule has 0 saturated heterocycles. The van der Waals surface area contributed by atoms with E-state index in [-0.39, 0.29) is 11.6 Å². The molecule has 2 aromatic heterocycles. The number of para-hydroxylation sites is 1. The number of carboxylic acid groups (broad SMARTS) is 1. The Kier molecular flexibility index (Phi) is 4.19. The zero-order valence-corrected chi connectivity index (χ0v) is 12.2. The van der Waals surface area contributed by atoms with Crippen molar-refractivity contribution in [1.29, 1.82) is 0 Å². The van der Waals surface area contributed by atoms with Gasteiger partial charge in [0, 0.05) is 17.8 Å². The molecule has 0 spiro atoms. The van der Waals surface area contributed by atoms with E-state index in [1.54, 1.807) is 6.07 Å². The van der Waals surface area contributed by atoms with Gasteiger partial charge in [-0.2, -0.15) is 0 Å². The number of hydrogen-bond donors (Lipinski definition) is 1. The van der Waals surface area contributed by atoms with Crippen LogP contribution in [-0.2, 0) is 4.79 Å². The van der Waals surface area contributed by atoms with Crippen LogP contribution in [0.4, 0.5) is 8.78 Å². The third-order valence-electron chi connectivity index (χ3n) is 3.11. The number of halogens is 2. The van der Waals surface area contributed by atoms with Crippen molar-refractivity contribution >= 4 is 5.97 Å². The van der Waals surface area contributed by atoms with Gasteiger partial charge in [0.25, 0.3) is 0 Å². The van der Waals surface area contributed by atoms with E-state index in [2.05, 4.69) is 10.1 Å². The van der Waals surface area contributed by atoms with Crippen LogP contribution in [0.1, 0.15) is 0 Å². The van der Waals surface area contributed by atoms with Gasteiger partial charge in [-0.25, -0.2) is 18.3 Å². The van der Waals surface area contributed by atoms with Gasteiger partial charge in [0.15, 0.2) is 6.61 Å². The van der Waals surface area contributed by atoms with E-state index >= 15 is 0 Å². The molecule has 0 aliphatic carbocycles. The molecule has 0 saturated carbocycles. The van der Waals surface area contributed by atoms with Crippen LogP contribution in [0.25, 0.3) is 16.9 Å². The van der Waals surface area contributed by atoms with E-state index in [9.17, 15) is 13.6 Å². The summed E-state index contributed by atoms with van der Waals surface area (Å²) in [4.78, 5) is 14.4. The van der Waals surface area contributed by atoms with Gasteiger partial charge < -0.3 is 9.84 Å². The maximum Gasteiger partial charge on any atom is 0.341 e. The number of hydrogen-bond acceptors (Lipinski definition) is 4. The van der Waals surface area contributed by atoms with Crippen molar-refractivity contribution < 1.29 is 23.4 Å². The van der Waals surface area contributed by atoms with Crippen molar-refractivity contribution in [3.8, 4) is 22.8 Å². The summed E-state index contributed by atoms with van der Waals surface area (Å²) in [5, 5.41) is 12.7. The summed E-state index contributed by atoms with van der Waals surface area (Å²) < 4.78 is 33.8. The molecular formula is C16H11F2N3O3. The molecule has 0 aliphatic heterocycles. The van der Waals surface area contributed by atoms with Gasteiger partial charge in [-0.15, -0.1) is 5.10 Å². The maximum absolute atomic E-state index is 14.1. The molecule has 0 fully saturated rings. The molecule has 1 aromatic carbocycles. The first-order valence-electron chi connectivity index (χ1n) is 6.85. The van der Waals surface area contributed by atoms with E-state index in [1.165, 1.54) is 41.2 Å². The van der Waals surface area contributed by atoms with Crippen molar-refractivity contribution in [2.24, 2.45) is 0 Å².